The van der Waals surface area contributed by atoms with E-state index in [1.165, 1.54) is 9.75 Å². The number of phenols is 2. The van der Waals surface area contributed by atoms with Gasteiger partial charge in [0.2, 0.25) is 0 Å². The van der Waals surface area contributed by atoms with Gasteiger partial charge in [0.15, 0.2) is 18.6 Å². The second kappa shape index (κ2) is 8.40. The SMILES string of the molecule is O=P1(c2ccccc2)c2ccsc2-c2sccc21.Oc1c(O)c(Cl)c(Cl)c(Cl)c1Cl. The average molecular weight is 536 g/mol. The number of thiophene rings is 2. The topological polar surface area (TPSA) is 57.5 Å². The van der Waals surface area contributed by atoms with Crippen molar-refractivity contribution in [1.29, 1.82) is 0 Å². The lowest BCUT2D eigenvalue weighted by Gasteiger charge is -2.13. The van der Waals surface area contributed by atoms with E-state index in [4.69, 9.17) is 56.6 Å². The molecule has 0 spiro atoms. The lowest BCUT2D eigenvalue weighted by atomic mass is 10.3. The summed E-state index contributed by atoms with van der Waals surface area (Å²) in [7, 11) is -2.59. The number of rotatable bonds is 1. The van der Waals surface area contributed by atoms with Gasteiger partial charge in [-0.05, 0) is 22.9 Å². The molecule has 154 valence electrons. The maximum atomic E-state index is 13.6. The molecule has 0 unspecified atom stereocenters. The number of hydrogen-bond acceptors (Lipinski definition) is 5. The molecule has 0 bridgehead atoms. The fraction of sp³-hybridized carbons (Fsp3) is 0. The molecule has 0 radical (unpaired) electrons. The van der Waals surface area contributed by atoms with Gasteiger partial charge in [0.1, 0.15) is 10.0 Å². The highest BCUT2D eigenvalue weighted by molar-refractivity contribution is 7.87. The average Bonchev–Trinajstić information content (AvgIpc) is 3.48. The van der Waals surface area contributed by atoms with E-state index in [1.807, 2.05) is 53.2 Å². The first-order valence-corrected chi connectivity index (χ1v) is 13.3. The van der Waals surface area contributed by atoms with Crippen molar-refractivity contribution in [3.8, 4) is 21.3 Å². The van der Waals surface area contributed by atoms with Crippen LogP contribution in [0.1, 0.15) is 0 Å². The Morgan fingerprint density at radius 3 is 1.53 bits per heavy atom. The highest BCUT2D eigenvalue weighted by Crippen LogP contribution is 2.55. The Labute approximate surface area is 200 Å². The van der Waals surface area contributed by atoms with Crippen LogP contribution in [0.2, 0.25) is 20.1 Å². The monoisotopic (exact) mass is 534 g/mol. The summed E-state index contributed by atoms with van der Waals surface area (Å²) in [5.41, 5.74) is 0. The van der Waals surface area contributed by atoms with Gasteiger partial charge in [0, 0.05) is 15.9 Å². The van der Waals surface area contributed by atoms with E-state index in [0.717, 1.165) is 15.9 Å². The summed E-state index contributed by atoms with van der Waals surface area (Å²) < 4.78 is 13.6. The third-order valence-electron chi connectivity index (χ3n) is 4.51. The molecule has 0 saturated carbocycles. The summed E-state index contributed by atoms with van der Waals surface area (Å²) in [5, 5.41) is 24.7. The maximum absolute atomic E-state index is 13.6. The van der Waals surface area contributed by atoms with E-state index in [2.05, 4.69) is 0 Å². The van der Waals surface area contributed by atoms with Crippen LogP contribution in [0.15, 0.2) is 53.2 Å². The molecule has 2 N–H and O–H groups in total. The zero-order valence-corrected chi connectivity index (χ0v) is 20.3. The Morgan fingerprint density at radius 1 is 0.667 bits per heavy atom. The van der Waals surface area contributed by atoms with Crippen LogP contribution >= 0.6 is 76.2 Å². The van der Waals surface area contributed by atoms with E-state index in [-0.39, 0.29) is 20.1 Å². The molecule has 3 nitrogen and oxygen atoms in total. The van der Waals surface area contributed by atoms with Crippen molar-refractivity contribution in [2.45, 2.75) is 0 Å². The van der Waals surface area contributed by atoms with E-state index in [9.17, 15) is 4.57 Å². The summed E-state index contributed by atoms with van der Waals surface area (Å²) in [6.45, 7) is 0. The normalized spacial score (nSPS) is 13.3. The summed E-state index contributed by atoms with van der Waals surface area (Å²) in [5.74, 6) is -1.15. The van der Waals surface area contributed by atoms with Crippen LogP contribution in [-0.4, -0.2) is 10.2 Å². The van der Waals surface area contributed by atoms with Crippen molar-refractivity contribution in [3.05, 3.63) is 73.3 Å². The van der Waals surface area contributed by atoms with Gasteiger partial charge in [-0.3, -0.25) is 0 Å². The highest BCUT2D eigenvalue weighted by atomic mass is 35.5. The van der Waals surface area contributed by atoms with Gasteiger partial charge in [0.05, 0.1) is 19.8 Å². The van der Waals surface area contributed by atoms with Gasteiger partial charge >= 0.3 is 0 Å². The molecule has 1 aliphatic rings. The van der Waals surface area contributed by atoms with Crippen molar-refractivity contribution in [1.82, 2.24) is 0 Å². The molecule has 30 heavy (non-hydrogen) atoms. The fourth-order valence-electron chi connectivity index (χ4n) is 3.10. The van der Waals surface area contributed by atoms with Crippen molar-refractivity contribution < 1.29 is 14.8 Å². The molecule has 0 aliphatic carbocycles. The summed E-state index contributed by atoms with van der Waals surface area (Å²) >= 11 is 25.4. The van der Waals surface area contributed by atoms with Gasteiger partial charge in [-0.25, -0.2) is 0 Å². The third-order valence-corrected chi connectivity index (χ3v) is 11.7. The Kier molecular flexibility index (Phi) is 6.17. The van der Waals surface area contributed by atoms with Crippen molar-refractivity contribution in [2.75, 3.05) is 0 Å². The number of hydrogen-bond donors (Lipinski definition) is 2. The first-order valence-electron chi connectivity index (χ1n) is 8.34. The van der Waals surface area contributed by atoms with Gasteiger partial charge in [-0.1, -0.05) is 76.7 Å². The predicted octanol–water partition coefficient (Wildman–Crippen LogP) is 7.14. The molecular weight excluding hydrogens is 525 g/mol. The number of aromatic hydroxyl groups is 2. The fourth-order valence-corrected chi connectivity index (χ4v) is 9.92. The first-order chi connectivity index (χ1) is 14.3. The Morgan fingerprint density at radius 2 is 1.10 bits per heavy atom. The van der Waals surface area contributed by atoms with Gasteiger partial charge < -0.3 is 14.8 Å². The lowest BCUT2D eigenvalue weighted by molar-refractivity contribution is 0.404. The van der Waals surface area contributed by atoms with Gasteiger partial charge in [0.25, 0.3) is 0 Å². The van der Waals surface area contributed by atoms with E-state index in [1.54, 1.807) is 22.7 Å². The highest BCUT2D eigenvalue weighted by Gasteiger charge is 2.41. The zero-order chi connectivity index (χ0) is 21.6. The molecular formula is C20H11Cl4O3PS2. The molecule has 3 heterocycles. The van der Waals surface area contributed by atoms with Crippen molar-refractivity contribution >= 4 is 92.1 Å². The molecule has 4 aromatic rings. The standard InChI is InChI=1S/C14H9OPS2.C6H2Cl4O2/c15-16(10-4-2-1-3-5-10)11-6-8-17-13(11)14-12(16)7-9-18-14;7-1-2(8)4(10)6(12)5(11)3(1)9/h1-9H;11-12H. The van der Waals surface area contributed by atoms with Crippen LogP contribution in [0.3, 0.4) is 0 Å². The largest absolute Gasteiger partial charge is 0.503 e. The molecule has 0 fully saturated rings. The van der Waals surface area contributed by atoms with E-state index >= 15 is 0 Å². The number of fused-ring (bicyclic) bond motifs is 3. The number of halogens is 4. The smallest absolute Gasteiger partial charge is 0.179 e. The van der Waals surface area contributed by atoms with E-state index < -0.39 is 18.6 Å². The maximum Gasteiger partial charge on any atom is 0.179 e. The molecule has 5 rings (SSSR count). The molecule has 0 saturated heterocycles. The minimum atomic E-state index is -2.59. The predicted molar refractivity (Wildman–Crippen MR) is 130 cm³/mol. The van der Waals surface area contributed by atoms with Crippen LogP contribution in [0.4, 0.5) is 0 Å². The summed E-state index contributed by atoms with van der Waals surface area (Å²) in [6, 6.07) is 13.9. The quantitative estimate of drug-likeness (QED) is 0.104. The van der Waals surface area contributed by atoms with Crippen LogP contribution in [0.5, 0.6) is 11.5 Å². The third kappa shape index (κ3) is 3.37. The number of benzene rings is 2. The van der Waals surface area contributed by atoms with Crippen LogP contribution in [0.25, 0.3) is 9.75 Å². The minimum Gasteiger partial charge on any atom is -0.503 e. The minimum absolute atomic E-state index is 0.0846. The molecule has 10 heteroatoms. The summed E-state index contributed by atoms with van der Waals surface area (Å²) in [4.78, 5) is 2.40. The van der Waals surface area contributed by atoms with E-state index in [0.29, 0.717) is 0 Å². The van der Waals surface area contributed by atoms with Crippen molar-refractivity contribution in [3.63, 3.8) is 0 Å². The lowest BCUT2D eigenvalue weighted by Crippen LogP contribution is -2.19. The second-order valence-electron chi connectivity index (χ2n) is 6.17. The number of phenolic OH excluding ortho intramolecular Hbond substituents is 2. The zero-order valence-electron chi connectivity index (χ0n) is 14.8. The van der Waals surface area contributed by atoms with Gasteiger partial charge in [-0.15, -0.1) is 22.7 Å². The Hall–Kier alpha value is -1.17. The molecule has 0 amide bonds. The van der Waals surface area contributed by atoms with Crippen LogP contribution in [0, 0.1) is 0 Å². The van der Waals surface area contributed by atoms with Crippen molar-refractivity contribution in [2.24, 2.45) is 0 Å². The molecule has 0 atom stereocenters. The van der Waals surface area contributed by atoms with Crippen LogP contribution in [-0.2, 0) is 4.57 Å². The molecule has 2 aromatic carbocycles. The molecule has 1 aliphatic heterocycles. The Bertz CT molecular complexity index is 1150. The van der Waals surface area contributed by atoms with Crippen LogP contribution < -0.4 is 15.9 Å². The van der Waals surface area contributed by atoms with Gasteiger partial charge in [-0.2, -0.15) is 0 Å². The molecule has 2 aromatic heterocycles. The second-order valence-corrected chi connectivity index (χ2v) is 12.2. The Balaban J connectivity index is 0.000000159. The first kappa shape index (κ1) is 22.0. The summed E-state index contributed by atoms with van der Waals surface area (Å²) in [6.07, 6.45) is 0.